The topological polar surface area (TPSA) is 59.2 Å². The highest BCUT2D eigenvalue weighted by Crippen LogP contribution is 2.26. The molecule has 4 heteroatoms. The number of rotatable bonds is 2. The first-order valence-corrected chi connectivity index (χ1v) is 6.33. The molecule has 100 valence electrons. The summed E-state index contributed by atoms with van der Waals surface area (Å²) >= 11 is 0. The van der Waals surface area contributed by atoms with Crippen molar-refractivity contribution >= 4 is 0 Å². The van der Waals surface area contributed by atoms with Gasteiger partial charge in [-0.15, -0.1) is 10.2 Å². The molecule has 0 amide bonds. The van der Waals surface area contributed by atoms with Gasteiger partial charge in [0.15, 0.2) is 0 Å². The van der Waals surface area contributed by atoms with Crippen molar-refractivity contribution in [3.8, 4) is 28.7 Å². The average Bonchev–Trinajstić information content (AvgIpc) is 2.88. The molecule has 0 aliphatic rings. The Labute approximate surface area is 116 Å². The molecule has 0 atom stereocenters. The fourth-order valence-corrected chi connectivity index (χ4v) is 2.16. The van der Waals surface area contributed by atoms with Gasteiger partial charge in [-0.05, 0) is 50.2 Å². The van der Waals surface area contributed by atoms with Crippen LogP contribution in [0, 0.1) is 13.8 Å². The Morgan fingerprint density at radius 2 is 1.35 bits per heavy atom. The van der Waals surface area contributed by atoms with Crippen molar-refractivity contribution in [3.05, 3.63) is 53.6 Å². The van der Waals surface area contributed by atoms with Crippen molar-refractivity contribution in [2.24, 2.45) is 0 Å². The monoisotopic (exact) mass is 266 g/mol. The van der Waals surface area contributed by atoms with Gasteiger partial charge in [0.1, 0.15) is 5.75 Å². The van der Waals surface area contributed by atoms with Crippen molar-refractivity contribution in [1.29, 1.82) is 0 Å². The van der Waals surface area contributed by atoms with E-state index in [0.29, 0.717) is 11.8 Å². The second kappa shape index (κ2) is 4.81. The molecule has 3 rings (SSSR count). The first kappa shape index (κ1) is 12.4. The third-order valence-electron chi connectivity index (χ3n) is 3.01. The van der Waals surface area contributed by atoms with E-state index in [1.807, 2.05) is 26.0 Å². The Bertz CT molecular complexity index is 725. The van der Waals surface area contributed by atoms with Crippen LogP contribution in [0.25, 0.3) is 22.9 Å². The minimum absolute atomic E-state index is 0.211. The lowest BCUT2D eigenvalue weighted by molar-refractivity contribution is 0.475. The summed E-state index contributed by atoms with van der Waals surface area (Å²) in [5.74, 6) is 1.15. The van der Waals surface area contributed by atoms with Gasteiger partial charge in [0, 0.05) is 11.1 Å². The molecular weight excluding hydrogens is 252 g/mol. The molecule has 4 nitrogen and oxygen atoms in total. The van der Waals surface area contributed by atoms with Crippen LogP contribution in [0.5, 0.6) is 5.75 Å². The minimum atomic E-state index is 0.211. The maximum absolute atomic E-state index is 9.28. The molecule has 0 bridgehead atoms. The first-order chi connectivity index (χ1) is 9.61. The third kappa shape index (κ3) is 2.40. The third-order valence-corrected chi connectivity index (χ3v) is 3.01. The highest BCUT2D eigenvalue weighted by Gasteiger charge is 2.11. The molecule has 1 heterocycles. The Kier molecular flexibility index (Phi) is 2.99. The Morgan fingerprint density at radius 3 is 1.95 bits per heavy atom. The molecule has 1 N–H and O–H groups in total. The summed E-state index contributed by atoms with van der Waals surface area (Å²) in [5.41, 5.74) is 4.01. The zero-order chi connectivity index (χ0) is 14.1. The summed E-state index contributed by atoms with van der Waals surface area (Å²) in [6.45, 7) is 4.07. The van der Waals surface area contributed by atoms with Crippen molar-refractivity contribution in [3.63, 3.8) is 0 Å². The van der Waals surface area contributed by atoms with E-state index in [9.17, 15) is 5.11 Å². The Hall–Kier alpha value is -2.62. The second-order valence-electron chi connectivity index (χ2n) is 4.84. The summed E-state index contributed by atoms with van der Waals surface area (Å²) in [7, 11) is 0. The van der Waals surface area contributed by atoms with Gasteiger partial charge in [0.25, 0.3) is 0 Å². The predicted octanol–water partition coefficient (Wildman–Crippen LogP) is 3.73. The number of aryl methyl sites for hydroxylation is 2. The molecule has 20 heavy (non-hydrogen) atoms. The van der Waals surface area contributed by atoms with Crippen LogP contribution in [-0.2, 0) is 0 Å². The van der Waals surface area contributed by atoms with Gasteiger partial charge in [-0.3, -0.25) is 0 Å². The van der Waals surface area contributed by atoms with Gasteiger partial charge in [-0.2, -0.15) is 0 Å². The van der Waals surface area contributed by atoms with Gasteiger partial charge in [0.05, 0.1) is 0 Å². The number of hydrogen-bond acceptors (Lipinski definition) is 4. The van der Waals surface area contributed by atoms with Crippen LogP contribution in [0.2, 0.25) is 0 Å². The molecule has 0 unspecified atom stereocenters. The maximum Gasteiger partial charge on any atom is 0.248 e. The number of hydrogen-bond donors (Lipinski definition) is 1. The Balaban J connectivity index is 1.99. The summed E-state index contributed by atoms with van der Waals surface area (Å²) in [4.78, 5) is 0. The predicted molar refractivity (Wildman–Crippen MR) is 76.3 cm³/mol. The van der Waals surface area contributed by atoms with Crippen LogP contribution in [0.3, 0.4) is 0 Å². The van der Waals surface area contributed by atoms with Crippen LogP contribution in [-0.4, -0.2) is 15.3 Å². The maximum atomic E-state index is 9.28. The van der Waals surface area contributed by atoms with Crippen LogP contribution in [0.1, 0.15) is 11.1 Å². The van der Waals surface area contributed by atoms with Crippen molar-refractivity contribution in [2.75, 3.05) is 0 Å². The first-order valence-electron chi connectivity index (χ1n) is 6.33. The van der Waals surface area contributed by atoms with Crippen LogP contribution < -0.4 is 0 Å². The molecule has 1 aromatic heterocycles. The highest BCUT2D eigenvalue weighted by molar-refractivity contribution is 5.59. The molecule has 2 aromatic carbocycles. The average molecular weight is 266 g/mol. The van der Waals surface area contributed by atoms with E-state index in [-0.39, 0.29) is 5.75 Å². The van der Waals surface area contributed by atoms with E-state index < -0.39 is 0 Å². The van der Waals surface area contributed by atoms with Crippen molar-refractivity contribution < 1.29 is 9.52 Å². The highest BCUT2D eigenvalue weighted by atomic mass is 16.4. The van der Waals surface area contributed by atoms with Crippen LogP contribution >= 0.6 is 0 Å². The van der Waals surface area contributed by atoms with E-state index >= 15 is 0 Å². The zero-order valence-corrected chi connectivity index (χ0v) is 11.3. The number of aromatic hydroxyl groups is 1. The molecule has 0 radical (unpaired) electrons. The standard InChI is InChI=1S/C16H14N2O2/c1-10-7-11(2)9-13(8-10)16-18-17-15(20-16)12-3-5-14(19)6-4-12/h3-9,19H,1-2H3. The molecular formula is C16H14N2O2. The number of benzene rings is 2. The lowest BCUT2D eigenvalue weighted by atomic mass is 10.1. The van der Waals surface area contributed by atoms with Crippen molar-refractivity contribution in [1.82, 2.24) is 10.2 Å². The molecule has 0 aliphatic heterocycles. The second-order valence-corrected chi connectivity index (χ2v) is 4.84. The fraction of sp³-hybridized carbons (Fsp3) is 0.125. The number of nitrogens with zero attached hydrogens (tertiary/aromatic N) is 2. The lowest BCUT2D eigenvalue weighted by Crippen LogP contribution is -1.82. The number of aromatic nitrogens is 2. The summed E-state index contributed by atoms with van der Waals surface area (Å²) < 4.78 is 5.70. The van der Waals surface area contributed by atoms with Gasteiger partial charge < -0.3 is 9.52 Å². The summed E-state index contributed by atoms with van der Waals surface area (Å²) in [6, 6.07) is 12.8. The van der Waals surface area contributed by atoms with E-state index in [2.05, 4.69) is 16.3 Å². The van der Waals surface area contributed by atoms with E-state index in [1.54, 1.807) is 24.3 Å². The number of phenols is 1. The van der Waals surface area contributed by atoms with Gasteiger partial charge >= 0.3 is 0 Å². The molecule has 0 saturated carbocycles. The van der Waals surface area contributed by atoms with E-state index in [1.165, 1.54) is 0 Å². The smallest absolute Gasteiger partial charge is 0.248 e. The quantitative estimate of drug-likeness (QED) is 0.767. The summed E-state index contributed by atoms with van der Waals surface area (Å²) in [6.07, 6.45) is 0. The van der Waals surface area contributed by atoms with Gasteiger partial charge in [-0.25, -0.2) is 0 Å². The van der Waals surface area contributed by atoms with Crippen molar-refractivity contribution in [2.45, 2.75) is 13.8 Å². The van der Waals surface area contributed by atoms with E-state index in [0.717, 1.165) is 22.3 Å². The minimum Gasteiger partial charge on any atom is -0.508 e. The molecule has 0 aliphatic carbocycles. The number of phenolic OH excluding ortho intramolecular Hbond substituents is 1. The zero-order valence-electron chi connectivity index (χ0n) is 11.3. The van der Waals surface area contributed by atoms with Gasteiger partial charge in [-0.1, -0.05) is 17.2 Å². The SMILES string of the molecule is Cc1cc(C)cc(-c2nnc(-c3ccc(O)cc3)o2)c1. The van der Waals surface area contributed by atoms with Crippen LogP contribution in [0.4, 0.5) is 0 Å². The Morgan fingerprint density at radius 1 is 0.800 bits per heavy atom. The lowest BCUT2D eigenvalue weighted by Gasteiger charge is -2.00. The molecule has 0 fully saturated rings. The fourth-order valence-electron chi connectivity index (χ4n) is 2.16. The largest absolute Gasteiger partial charge is 0.508 e. The normalized spacial score (nSPS) is 10.7. The molecule has 3 aromatic rings. The summed E-state index contributed by atoms with van der Waals surface area (Å²) in [5, 5.41) is 17.4. The van der Waals surface area contributed by atoms with Gasteiger partial charge in [0.2, 0.25) is 11.8 Å². The molecule has 0 saturated heterocycles. The molecule has 0 spiro atoms. The van der Waals surface area contributed by atoms with Crippen LogP contribution in [0.15, 0.2) is 46.9 Å². The van der Waals surface area contributed by atoms with E-state index in [4.69, 9.17) is 4.42 Å².